The Balaban J connectivity index is 1.86. The van der Waals surface area contributed by atoms with Gasteiger partial charge in [-0.1, -0.05) is 12.1 Å². The van der Waals surface area contributed by atoms with Crippen molar-refractivity contribution in [1.82, 2.24) is 10.2 Å². The lowest BCUT2D eigenvalue weighted by Crippen LogP contribution is -2.31. The Hall–Kier alpha value is -3.76. The molecule has 11 heteroatoms. The van der Waals surface area contributed by atoms with Crippen LogP contribution in [0.3, 0.4) is 0 Å². The smallest absolute Gasteiger partial charge is 0.481 e. The molecule has 0 fully saturated rings. The fourth-order valence-electron chi connectivity index (χ4n) is 2.45. The van der Waals surface area contributed by atoms with Gasteiger partial charge in [0.25, 0.3) is 5.91 Å². The number of amides is 3. The lowest BCUT2D eigenvalue weighted by molar-refractivity contribution is -0.274. The molecular weight excluding hydrogens is 419 g/mol. The van der Waals surface area contributed by atoms with Gasteiger partial charge >= 0.3 is 18.4 Å². The summed E-state index contributed by atoms with van der Waals surface area (Å²) in [6, 6.07) is 10.7. The Morgan fingerprint density at radius 3 is 2.19 bits per heavy atom. The number of carboxylic acid groups (broad SMARTS) is 1. The highest BCUT2D eigenvalue weighted by Crippen LogP contribution is 2.24. The van der Waals surface area contributed by atoms with Crippen LogP contribution in [-0.2, 0) is 11.3 Å². The zero-order valence-electron chi connectivity index (χ0n) is 16.4. The van der Waals surface area contributed by atoms with Crippen molar-refractivity contribution in [2.24, 2.45) is 0 Å². The molecule has 3 N–H and O–H groups in total. The third-order valence-electron chi connectivity index (χ3n) is 3.95. The SMILES string of the molecule is CN(Cc1ccc(C(=O)NCCC(=O)O)cc1)C(=O)Nc1ccc(OC(F)(F)F)cc1. The van der Waals surface area contributed by atoms with E-state index in [-0.39, 0.29) is 19.5 Å². The maximum absolute atomic E-state index is 12.3. The highest BCUT2D eigenvalue weighted by Gasteiger charge is 2.31. The van der Waals surface area contributed by atoms with Gasteiger partial charge in [0.15, 0.2) is 0 Å². The summed E-state index contributed by atoms with van der Waals surface area (Å²) in [4.78, 5) is 36.0. The molecule has 0 unspecified atom stereocenters. The summed E-state index contributed by atoms with van der Waals surface area (Å²) in [5, 5.41) is 13.6. The topological polar surface area (TPSA) is 108 Å². The Morgan fingerprint density at radius 1 is 1.03 bits per heavy atom. The number of ether oxygens (including phenoxy) is 1. The van der Waals surface area contributed by atoms with Crippen molar-refractivity contribution < 1.29 is 37.4 Å². The molecule has 3 amide bonds. The molecule has 0 aromatic heterocycles. The number of hydrogen-bond donors (Lipinski definition) is 3. The summed E-state index contributed by atoms with van der Waals surface area (Å²) in [5.41, 5.74) is 1.37. The Morgan fingerprint density at radius 2 is 1.65 bits per heavy atom. The second kappa shape index (κ2) is 10.3. The summed E-state index contributed by atoms with van der Waals surface area (Å²) in [7, 11) is 1.53. The van der Waals surface area contributed by atoms with E-state index in [1.807, 2.05) is 0 Å². The zero-order chi connectivity index (χ0) is 23.0. The molecule has 8 nitrogen and oxygen atoms in total. The van der Waals surface area contributed by atoms with Gasteiger partial charge in [-0.3, -0.25) is 9.59 Å². The first-order valence-electron chi connectivity index (χ1n) is 9.00. The minimum absolute atomic E-state index is 0.0160. The van der Waals surface area contributed by atoms with Crippen molar-refractivity contribution in [2.45, 2.75) is 19.3 Å². The maximum Gasteiger partial charge on any atom is 0.573 e. The van der Waals surface area contributed by atoms with Crippen LogP contribution in [0.5, 0.6) is 5.75 Å². The van der Waals surface area contributed by atoms with E-state index in [9.17, 15) is 27.6 Å². The van der Waals surface area contributed by atoms with Crippen molar-refractivity contribution in [3.8, 4) is 5.75 Å². The molecule has 0 spiro atoms. The third kappa shape index (κ3) is 8.25. The average molecular weight is 439 g/mol. The number of halogens is 3. The second-order valence-corrected chi connectivity index (χ2v) is 6.45. The van der Waals surface area contributed by atoms with Gasteiger partial charge in [0.05, 0.1) is 6.42 Å². The first-order valence-corrected chi connectivity index (χ1v) is 9.00. The summed E-state index contributed by atoms with van der Waals surface area (Å²) >= 11 is 0. The number of nitrogens with zero attached hydrogens (tertiary/aromatic N) is 1. The van der Waals surface area contributed by atoms with E-state index in [2.05, 4.69) is 15.4 Å². The molecule has 0 radical (unpaired) electrons. The van der Waals surface area contributed by atoms with E-state index >= 15 is 0 Å². The van der Waals surface area contributed by atoms with E-state index in [1.165, 1.54) is 24.1 Å². The molecule has 31 heavy (non-hydrogen) atoms. The van der Waals surface area contributed by atoms with E-state index in [4.69, 9.17) is 5.11 Å². The molecule has 2 aromatic carbocycles. The van der Waals surface area contributed by atoms with Gasteiger partial charge in [0.2, 0.25) is 0 Å². The number of urea groups is 1. The Bertz CT molecular complexity index is 915. The van der Waals surface area contributed by atoms with Crippen molar-refractivity contribution in [3.05, 3.63) is 59.7 Å². The predicted molar refractivity (Wildman–Crippen MR) is 105 cm³/mol. The first kappa shape index (κ1) is 23.5. The van der Waals surface area contributed by atoms with Crippen molar-refractivity contribution in [1.29, 1.82) is 0 Å². The molecule has 0 saturated heterocycles. The Kier molecular flexibility index (Phi) is 7.83. The van der Waals surface area contributed by atoms with Crippen LogP contribution >= 0.6 is 0 Å². The van der Waals surface area contributed by atoms with Gasteiger partial charge in [-0.2, -0.15) is 0 Å². The predicted octanol–water partition coefficient (Wildman–Crippen LogP) is 3.45. The lowest BCUT2D eigenvalue weighted by Gasteiger charge is -2.18. The summed E-state index contributed by atoms with van der Waals surface area (Å²) in [6.07, 6.45) is -4.97. The second-order valence-electron chi connectivity index (χ2n) is 6.45. The molecule has 0 bridgehead atoms. The molecule has 0 heterocycles. The maximum atomic E-state index is 12.3. The molecule has 2 aromatic rings. The fourth-order valence-corrected chi connectivity index (χ4v) is 2.45. The number of benzene rings is 2. The molecule has 2 rings (SSSR count). The van der Waals surface area contributed by atoms with Gasteiger partial charge in [-0.05, 0) is 42.0 Å². The normalized spacial score (nSPS) is 10.8. The molecule has 166 valence electrons. The minimum atomic E-state index is -4.79. The van der Waals surface area contributed by atoms with Gasteiger partial charge in [0.1, 0.15) is 5.75 Å². The average Bonchev–Trinajstić information content (AvgIpc) is 2.68. The molecule has 0 aliphatic carbocycles. The van der Waals surface area contributed by atoms with Crippen LogP contribution in [0.4, 0.5) is 23.7 Å². The molecule has 0 atom stereocenters. The number of aliphatic carboxylic acids is 1. The number of anilines is 1. The highest BCUT2D eigenvalue weighted by atomic mass is 19.4. The van der Waals surface area contributed by atoms with E-state index in [0.29, 0.717) is 11.3 Å². The minimum Gasteiger partial charge on any atom is -0.481 e. The van der Waals surface area contributed by atoms with Gasteiger partial charge in [-0.25, -0.2) is 4.79 Å². The van der Waals surface area contributed by atoms with Crippen LogP contribution in [0, 0.1) is 0 Å². The van der Waals surface area contributed by atoms with Crippen LogP contribution in [-0.4, -0.2) is 47.9 Å². The lowest BCUT2D eigenvalue weighted by atomic mass is 10.1. The van der Waals surface area contributed by atoms with Crippen molar-refractivity contribution >= 4 is 23.6 Å². The van der Waals surface area contributed by atoms with Crippen molar-refractivity contribution in [2.75, 3.05) is 18.9 Å². The summed E-state index contributed by atoms with van der Waals surface area (Å²) < 4.78 is 40.3. The molecule has 0 aliphatic heterocycles. The third-order valence-corrected chi connectivity index (χ3v) is 3.95. The van der Waals surface area contributed by atoms with Crippen LogP contribution in [0.1, 0.15) is 22.3 Å². The van der Waals surface area contributed by atoms with Crippen LogP contribution in [0.2, 0.25) is 0 Å². The summed E-state index contributed by atoms with van der Waals surface area (Å²) in [5.74, 6) is -1.81. The quantitative estimate of drug-likeness (QED) is 0.584. The van der Waals surface area contributed by atoms with Crippen LogP contribution < -0.4 is 15.4 Å². The van der Waals surface area contributed by atoms with Crippen LogP contribution in [0.15, 0.2) is 48.5 Å². The van der Waals surface area contributed by atoms with Gasteiger partial charge in [0, 0.05) is 31.4 Å². The zero-order valence-corrected chi connectivity index (χ0v) is 16.4. The van der Waals surface area contributed by atoms with E-state index < -0.39 is 30.0 Å². The van der Waals surface area contributed by atoms with E-state index in [1.54, 1.807) is 24.3 Å². The number of carboxylic acids is 1. The molecule has 0 aliphatic rings. The van der Waals surface area contributed by atoms with Gasteiger partial charge in [-0.15, -0.1) is 13.2 Å². The fraction of sp³-hybridized carbons (Fsp3) is 0.250. The number of carbonyl (C=O) groups is 3. The number of rotatable bonds is 8. The van der Waals surface area contributed by atoms with Gasteiger partial charge < -0.3 is 25.4 Å². The number of nitrogens with one attached hydrogen (secondary N) is 2. The molecule has 0 saturated carbocycles. The standard InChI is InChI=1S/C20H20F3N3O5/c1-26(19(30)25-15-6-8-16(9-7-15)31-20(21,22)23)12-13-2-4-14(5-3-13)18(29)24-11-10-17(27)28/h2-9H,10-12H2,1H3,(H,24,29)(H,25,30)(H,27,28). The molecular formula is C20H20F3N3O5. The highest BCUT2D eigenvalue weighted by molar-refractivity contribution is 5.94. The number of alkyl halides is 3. The van der Waals surface area contributed by atoms with E-state index in [0.717, 1.165) is 17.7 Å². The monoisotopic (exact) mass is 439 g/mol. The Labute approximate surface area is 175 Å². The largest absolute Gasteiger partial charge is 0.573 e. The summed E-state index contributed by atoms with van der Waals surface area (Å²) in [6.45, 7) is 0.226. The number of carbonyl (C=O) groups excluding carboxylic acids is 2. The van der Waals surface area contributed by atoms with Crippen molar-refractivity contribution in [3.63, 3.8) is 0 Å². The van der Waals surface area contributed by atoms with Crippen LogP contribution in [0.25, 0.3) is 0 Å². The first-order chi connectivity index (χ1) is 14.5. The number of hydrogen-bond acceptors (Lipinski definition) is 4.